The van der Waals surface area contributed by atoms with Crippen molar-refractivity contribution >= 4 is 5.91 Å². The maximum Gasteiger partial charge on any atom is 0.222 e. The van der Waals surface area contributed by atoms with E-state index in [1.54, 1.807) is 6.26 Å². The summed E-state index contributed by atoms with van der Waals surface area (Å²) in [6, 6.07) is 3.90. The van der Waals surface area contributed by atoms with Gasteiger partial charge in [-0.2, -0.15) is 0 Å². The zero-order valence-electron chi connectivity index (χ0n) is 9.69. The molecule has 1 aromatic rings. The van der Waals surface area contributed by atoms with Crippen LogP contribution in [0.5, 0.6) is 0 Å². The monoisotopic (exact) mass is 222 g/mol. The lowest BCUT2D eigenvalue weighted by atomic mass is 10.2. The molecule has 0 spiro atoms. The maximum absolute atomic E-state index is 11.5. The molecule has 1 aliphatic rings. The number of hydrogen-bond acceptors (Lipinski definition) is 3. The van der Waals surface area contributed by atoms with Gasteiger partial charge >= 0.3 is 0 Å². The molecule has 0 aliphatic carbocycles. The van der Waals surface area contributed by atoms with E-state index in [-0.39, 0.29) is 5.91 Å². The molecular formula is C12H18N2O2. The van der Waals surface area contributed by atoms with E-state index < -0.39 is 0 Å². The molecule has 1 saturated heterocycles. The van der Waals surface area contributed by atoms with Crippen LogP contribution in [-0.2, 0) is 11.3 Å². The first-order valence-electron chi connectivity index (χ1n) is 5.82. The highest BCUT2D eigenvalue weighted by Crippen LogP contribution is 2.09. The van der Waals surface area contributed by atoms with E-state index in [2.05, 4.69) is 4.90 Å². The minimum Gasteiger partial charge on any atom is -0.468 e. The van der Waals surface area contributed by atoms with Crippen molar-refractivity contribution in [1.29, 1.82) is 0 Å². The van der Waals surface area contributed by atoms with Gasteiger partial charge in [-0.25, -0.2) is 0 Å². The van der Waals surface area contributed by atoms with Gasteiger partial charge in [-0.15, -0.1) is 0 Å². The molecule has 4 heteroatoms. The number of carbonyl (C=O) groups excluding carboxylic acids is 1. The molecule has 16 heavy (non-hydrogen) atoms. The van der Waals surface area contributed by atoms with Crippen molar-refractivity contribution in [3.05, 3.63) is 24.2 Å². The van der Waals surface area contributed by atoms with Crippen LogP contribution in [0.1, 0.15) is 19.1 Å². The predicted octanol–water partition coefficient (Wildman–Crippen LogP) is 1.33. The molecule has 88 valence electrons. The van der Waals surface area contributed by atoms with Gasteiger partial charge in [0.1, 0.15) is 5.76 Å². The smallest absolute Gasteiger partial charge is 0.222 e. The Balaban J connectivity index is 1.79. The Hall–Kier alpha value is -1.29. The number of carbonyl (C=O) groups is 1. The zero-order valence-corrected chi connectivity index (χ0v) is 9.69. The molecule has 1 aromatic heterocycles. The van der Waals surface area contributed by atoms with Gasteiger partial charge in [0.15, 0.2) is 0 Å². The SMILES string of the molecule is CCC(=O)N1CCN(Cc2ccco2)CC1. The zero-order chi connectivity index (χ0) is 11.4. The average Bonchev–Trinajstić information content (AvgIpc) is 2.82. The van der Waals surface area contributed by atoms with Crippen molar-refractivity contribution in [2.75, 3.05) is 26.2 Å². The van der Waals surface area contributed by atoms with Crippen LogP contribution in [0.2, 0.25) is 0 Å². The molecule has 2 heterocycles. The second-order valence-electron chi connectivity index (χ2n) is 4.09. The second-order valence-corrected chi connectivity index (χ2v) is 4.09. The molecular weight excluding hydrogens is 204 g/mol. The van der Waals surface area contributed by atoms with Crippen LogP contribution in [0.15, 0.2) is 22.8 Å². The molecule has 1 fully saturated rings. The van der Waals surface area contributed by atoms with Gasteiger partial charge < -0.3 is 9.32 Å². The number of hydrogen-bond donors (Lipinski definition) is 0. The highest BCUT2D eigenvalue weighted by atomic mass is 16.3. The summed E-state index contributed by atoms with van der Waals surface area (Å²) in [5, 5.41) is 0. The van der Waals surface area contributed by atoms with Crippen LogP contribution >= 0.6 is 0 Å². The summed E-state index contributed by atoms with van der Waals surface area (Å²) in [5.41, 5.74) is 0. The quantitative estimate of drug-likeness (QED) is 0.774. The van der Waals surface area contributed by atoms with Gasteiger partial charge in [-0.1, -0.05) is 6.92 Å². The van der Waals surface area contributed by atoms with Gasteiger partial charge in [0, 0.05) is 32.6 Å². The summed E-state index contributed by atoms with van der Waals surface area (Å²) in [5.74, 6) is 1.26. The van der Waals surface area contributed by atoms with Gasteiger partial charge in [0.25, 0.3) is 0 Å². The molecule has 0 radical (unpaired) electrons. The van der Waals surface area contributed by atoms with E-state index in [1.807, 2.05) is 24.0 Å². The maximum atomic E-state index is 11.5. The fraction of sp³-hybridized carbons (Fsp3) is 0.583. The van der Waals surface area contributed by atoms with Gasteiger partial charge in [0.05, 0.1) is 12.8 Å². The molecule has 1 amide bonds. The van der Waals surface area contributed by atoms with Crippen LogP contribution in [-0.4, -0.2) is 41.9 Å². The highest BCUT2D eigenvalue weighted by Gasteiger charge is 2.20. The molecule has 0 aromatic carbocycles. The summed E-state index contributed by atoms with van der Waals surface area (Å²) >= 11 is 0. The molecule has 0 bridgehead atoms. The van der Waals surface area contributed by atoms with Crippen LogP contribution in [0, 0.1) is 0 Å². The fourth-order valence-corrected chi connectivity index (χ4v) is 2.00. The second kappa shape index (κ2) is 5.16. The van der Waals surface area contributed by atoms with E-state index in [9.17, 15) is 4.79 Å². The van der Waals surface area contributed by atoms with Crippen LogP contribution < -0.4 is 0 Å². The summed E-state index contributed by atoms with van der Waals surface area (Å²) in [6.07, 6.45) is 2.31. The largest absolute Gasteiger partial charge is 0.468 e. The molecule has 0 unspecified atom stereocenters. The molecule has 0 atom stereocenters. The average molecular weight is 222 g/mol. The highest BCUT2D eigenvalue weighted by molar-refractivity contribution is 5.75. The first-order valence-corrected chi connectivity index (χ1v) is 5.82. The van der Waals surface area contributed by atoms with E-state index >= 15 is 0 Å². The number of amides is 1. The third kappa shape index (κ3) is 2.64. The molecule has 4 nitrogen and oxygen atoms in total. The van der Waals surface area contributed by atoms with Crippen LogP contribution in [0.4, 0.5) is 0 Å². The summed E-state index contributed by atoms with van der Waals surface area (Å²) < 4.78 is 5.31. The van der Waals surface area contributed by atoms with Gasteiger partial charge in [-0.3, -0.25) is 9.69 Å². The minimum absolute atomic E-state index is 0.262. The minimum atomic E-state index is 0.262. The van der Waals surface area contributed by atoms with Crippen molar-refractivity contribution in [2.45, 2.75) is 19.9 Å². The Bertz CT molecular complexity index is 327. The lowest BCUT2D eigenvalue weighted by Gasteiger charge is -2.34. The van der Waals surface area contributed by atoms with E-state index in [0.29, 0.717) is 6.42 Å². The van der Waals surface area contributed by atoms with Gasteiger partial charge in [0.2, 0.25) is 5.91 Å². The Morgan fingerprint density at radius 1 is 1.38 bits per heavy atom. The standard InChI is InChI=1S/C12H18N2O2/c1-2-12(15)14-7-5-13(6-8-14)10-11-4-3-9-16-11/h3-4,9H,2,5-8,10H2,1H3. The first-order chi connectivity index (χ1) is 7.79. The van der Waals surface area contributed by atoms with Crippen molar-refractivity contribution in [1.82, 2.24) is 9.80 Å². The summed E-state index contributed by atoms with van der Waals surface area (Å²) in [7, 11) is 0. The normalized spacial score (nSPS) is 17.7. The third-order valence-electron chi connectivity index (χ3n) is 2.99. The molecule has 0 N–H and O–H groups in total. The predicted molar refractivity (Wildman–Crippen MR) is 60.9 cm³/mol. The van der Waals surface area contributed by atoms with Gasteiger partial charge in [-0.05, 0) is 12.1 Å². The van der Waals surface area contributed by atoms with Crippen molar-refractivity contribution < 1.29 is 9.21 Å². The van der Waals surface area contributed by atoms with E-state index in [4.69, 9.17) is 4.42 Å². The van der Waals surface area contributed by atoms with E-state index in [0.717, 1.165) is 38.5 Å². The number of nitrogens with zero attached hydrogens (tertiary/aromatic N) is 2. The Labute approximate surface area is 95.8 Å². The van der Waals surface area contributed by atoms with E-state index in [1.165, 1.54) is 0 Å². The first kappa shape index (κ1) is 11.2. The lowest BCUT2D eigenvalue weighted by Crippen LogP contribution is -2.48. The number of rotatable bonds is 3. The molecule has 2 rings (SSSR count). The Kier molecular flexibility index (Phi) is 3.62. The molecule has 1 aliphatic heterocycles. The van der Waals surface area contributed by atoms with Crippen molar-refractivity contribution in [3.8, 4) is 0 Å². The number of furan rings is 1. The van der Waals surface area contributed by atoms with Crippen LogP contribution in [0.25, 0.3) is 0 Å². The summed E-state index contributed by atoms with van der Waals surface area (Å²) in [4.78, 5) is 15.7. The van der Waals surface area contributed by atoms with Crippen LogP contribution in [0.3, 0.4) is 0 Å². The topological polar surface area (TPSA) is 36.7 Å². The lowest BCUT2D eigenvalue weighted by molar-refractivity contribution is -0.132. The molecule has 0 saturated carbocycles. The Morgan fingerprint density at radius 3 is 2.69 bits per heavy atom. The van der Waals surface area contributed by atoms with Crippen molar-refractivity contribution in [2.24, 2.45) is 0 Å². The summed E-state index contributed by atoms with van der Waals surface area (Å²) in [6.45, 7) is 6.32. The van der Waals surface area contributed by atoms with Crippen molar-refractivity contribution in [3.63, 3.8) is 0 Å². The Morgan fingerprint density at radius 2 is 2.12 bits per heavy atom. The number of piperazine rings is 1. The third-order valence-corrected chi connectivity index (χ3v) is 2.99. The fourth-order valence-electron chi connectivity index (χ4n) is 2.00.